The Bertz CT molecular complexity index is 1330. The van der Waals surface area contributed by atoms with Gasteiger partial charge in [-0.15, -0.1) is 0 Å². The zero-order chi connectivity index (χ0) is 27.6. The second-order valence-corrected chi connectivity index (χ2v) is 9.90. The minimum absolute atomic E-state index is 0.0908. The van der Waals surface area contributed by atoms with Gasteiger partial charge in [0.15, 0.2) is 0 Å². The zero-order valence-electron chi connectivity index (χ0n) is 21.0. The van der Waals surface area contributed by atoms with E-state index in [1.165, 1.54) is 0 Å². The lowest BCUT2D eigenvalue weighted by atomic mass is 9.89. The van der Waals surface area contributed by atoms with Gasteiger partial charge in [0.1, 0.15) is 23.5 Å². The van der Waals surface area contributed by atoms with E-state index >= 15 is 0 Å². The van der Waals surface area contributed by atoms with Crippen LogP contribution in [0, 0.1) is 5.82 Å². The highest BCUT2D eigenvalue weighted by atomic mass is 19.4. The Morgan fingerprint density at radius 3 is 2.38 bits per heavy atom. The van der Waals surface area contributed by atoms with Gasteiger partial charge in [0.2, 0.25) is 0 Å². The number of amides is 2. The quantitative estimate of drug-likeness (QED) is 0.466. The average Bonchev–Trinajstić information content (AvgIpc) is 3.40. The van der Waals surface area contributed by atoms with Gasteiger partial charge in [-0.2, -0.15) is 28.6 Å². The molecular weight excluding hydrogens is 520 g/mol. The third-order valence-electron chi connectivity index (χ3n) is 7.40. The van der Waals surface area contributed by atoms with Crippen molar-refractivity contribution in [3.8, 4) is 0 Å². The maximum absolute atomic E-state index is 13.7. The number of H-pyrrole nitrogens is 1. The molecule has 3 aromatic rings. The summed E-state index contributed by atoms with van der Waals surface area (Å²) in [6.07, 6.45) is -1.79. The number of halogens is 4. The van der Waals surface area contributed by atoms with Gasteiger partial charge in [-0.3, -0.25) is 9.69 Å². The van der Waals surface area contributed by atoms with E-state index in [9.17, 15) is 27.2 Å². The summed E-state index contributed by atoms with van der Waals surface area (Å²) in [4.78, 5) is 29.0. The Kier molecular flexibility index (Phi) is 7.69. The fourth-order valence-corrected chi connectivity index (χ4v) is 5.22. The Balaban J connectivity index is 1.03. The maximum atomic E-state index is 13.7. The molecule has 208 valence electrons. The predicted molar refractivity (Wildman–Crippen MR) is 132 cm³/mol. The van der Waals surface area contributed by atoms with Crippen LogP contribution >= 0.6 is 0 Å². The summed E-state index contributed by atoms with van der Waals surface area (Å²) in [5.74, 6) is -1.53. The van der Waals surface area contributed by atoms with E-state index in [0.29, 0.717) is 54.9 Å². The van der Waals surface area contributed by atoms with Gasteiger partial charge in [0.05, 0.1) is 5.56 Å². The van der Waals surface area contributed by atoms with Crippen LogP contribution in [-0.4, -0.2) is 75.5 Å². The number of nitrogens with zero attached hydrogens (tertiary/aromatic N) is 4. The van der Waals surface area contributed by atoms with Crippen molar-refractivity contribution in [3.63, 3.8) is 0 Å². The van der Waals surface area contributed by atoms with Crippen molar-refractivity contribution in [3.05, 3.63) is 58.9 Å². The summed E-state index contributed by atoms with van der Waals surface area (Å²) in [7, 11) is 0. The van der Waals surface area contributed by atoms with Crippen LogP contribution in [0.25, 0.3) is 11.0 Å². The van der Waals surface area contributed by atoms with Crippen molar-refractivity contribution in [1.82, 2.24) is 30.5 Å². The number of fused-ring (bicyclic) bond motifs is 1. The molecule has 1 aliphatic carbocycles. The van der Waals surface area contributed by atoms with E-state index in [1.54, 1.807) is 23.1 Å². The zero-order valence-corrected chi connectivity index (χ0v) is 21.0. The third-order valence-corrected chi connectivity index (χ3v) is 7.40. The predicted octanol–water partition coefficient (Wildman–Crippen LogP) is 4.11. The van der Waals surface area contributed by atoms with Crippen molar-refractivity contribution >= 4 is 23.0 Å². The summed E-state index contributed by atoms with van der Waals surface area (Å²) in [6.45, 7) is 1.95. The van der Waals surface area contributed by atoms with E-state index in [1.807, 2.05) is 0 Å². The molecule has 1 saturated carbocycles. The van der Waals surface area contributed by atoms with E-state index in [4.69, 9.17) is 4.74 Å². The largest absolute Gasteiger partial charge is 0.445 e. The molecule has 0 atom stereocenters. The summed E-state index contributed by atoms with van der Waals surface area (Å²) < 4.78 is 57.1. The first-order valence-electron chi connectivity index (χ1n) is 12.8. The second kappa shape index (κ2) is 11.2. The van der Waals surface area contributed by atoms with E-state index in [0.717, 1.165) is 37.8 Å². The topological polar surface area (TPSA) is 103 Å². The monoisotopic (exact) mass is 548 g/mol. The van der Waals surface area contributed by atoms with Gasteiger partial charge in [0, 0.05) is 43.8 Å². The summed E-state index contributed by atoms with van der Waals surface area (Å²) in [6, 6.07) is 8.15. The number of carbonyl (C=O) groups is 2. The molecule has 9 nitrogen and oxygen atoms in total. The lowest BCUT2D eigenvalue weighted by Crippen LogP contribution is -2.53. The van der Waals surface area contributed by atoms with E-state index in [2.05, 4.69) is 25.6 Å². The first-order valence-corrected chi connectivity index (χ1v) is 12.8. The Hall–Kier alpha value is -3.74. The summed E-state index contributed by atoms with van der Waals surface area (Å²) in [5.41, 5.74) is 0.688. The van der Waals surface area contributed by atoms with Crippen molar-refractivity contribution in [1.29, 1.82) is 0 Å². The minimum atomic E-state index is -4.78. The van der Waals surface area contributed by atoms with E-state index in [-0.39, 0.29) is 24.1 Å². The van der Waals surface area contributed by atoms with Gasteiger partial charge in [-0.25, -0.2) is 9.18 Å². The number of piperazine rings is 1. The molecule has 2 N–H and O–H groups in total. The van der Waals surface area contributed by atoms with Crippen LogP contribution in [0.3, 0.4) is 0 Å². The summed E-state index contributed by atoms with van der Waals surface area (Å²) in [5, 5.41) is 13.7. The van der Waals surface area contributed by atoms with Crippen LogP contribution in [0.15, 0.2) is 36.4 Å². The van der Waals surface area contributed by atoms with Gasteiger partial charge < -0.3 is 15.0 Å². The van der Waals surface area contributed by atoms with Crippen molar-refractivity contribution in [2.45, 2.75) is 50.6 Å². The molecule has 1 aliphatic heterocycles. The van der Waals surface area contributed by atoms with Crippen LogP contribution in [-0.2, 0) is 17.5 Å². The number of aromatic nitrogens is 3. The third kappa shape index (κ3) is 6.29. The van der Waals surface area contributed by atoms with Crippen LogP contribution in [0.1, 0.15) is 47.2 Å². The second-order valence-electron chi connectivity index (χ2n) is 9.90. The molecule has 2 amide bonds. The number of aromatic amines is 1. The number of hydrogen-bond donors (Lipinski definition) is 2. The highest BCUT2D eigenvalue weighted by molar-refractivity contribution is 5.97. The first kappa shape index (κ1) is 26.9. The average molecular weight is 549 g/mol. The highest BCUT2D eigenvalue weighted by Gasteiger charge is 2.34. The Morgan fingerprint density at radius 2 is 1.69 bits per heavy atom. The Labute approximate surface area is 221 Å². The van der Waals surface area contributed by atoms with E-state index < -0.39 is 23.7 Å². The molecule has 39 heavy (non-hydrogen) atoms. The molecule has 1 saturated heterocycles. The molecule has 1 aromatic heterocycles. The molecule has 2 aromatic carbocycles. The standard InChI is InChI=1S/C26H28F4N6O3/c27-21-13-16(1-7-20(21)26(28,29)30)15-39-25(38)36-11-9-35(10-12-36)19-5-3-18(4-6-19)31-24(37)17-2-8-22-23(14-17)33-34-32-22/h1-2,7-8,13-14,18-19H,3-6,9-12,15H2,(H,31,37)(H,32,33,34). The molecule has 0 radical (unpaired) electrons. The molecule has 5 rings (SSSR count). The van der Waals surface area contributed by atoms with Gasteiger partial charge in [0.25, 0.3) is 5.91 Å². The molecule has 2 fully saturated rings. The van der Waals surface area contributed by atoms with Crippen molar-refractivity contribution in [2.75, 3.05) is 26.2 Å². The van der Waals surface area contributed by atoms with Gasteiger partial charge in [-0.05, 0) is 61.6 Å². The lowest BCUT2D eigenvalue weighted by Gasteiger charge is -2.41. The normalized spacial score (nSPS) is 20.7. The van der Waals surface area contributed by atoms with Crippen LogP contribution in [0.2, 0.25) is 0 Å². The maximum Gasteiger partial charge on any atom is 0.419 e. The number of alkyl halides is 3. The molecule has 13 heteroatoms. The van der Waals surface area contributed by atoms with Crippen LogP contribution in [0.5, 0.6) is 0 Å². The van der Waals surface area contributed by atoms with Crippen molar-refractivity contribution < 1.29 is 31.9 Å². The fraction of sp³-hybridized carbons (Fsp3) is 0.462. The molecule has 0 unspecified atom stereocenters. The SMILES string of the molecule is O=C(NC1CCC(N2CCN(C(=O)OCc3ccc(C(F)(F)F)c(F)c3)CC2)CC1)c1ccc2n[nH]nc2c1. The number of benzene rings is 2. The molecule has 0 bridgehead atoms. The van der Waals surface area contributed by atoms with Crippen LogP contribution < -0.4 is 5.32 Å². The molecule has 2 heterocycles. The lowest BCUT2D eigenvalue weighted by molar-refractivity contribution is -0.140. The number of rotatable bonds is 5. The van der Waals surface area contributed by atoms with Crippen molar-refractivity contribution in [2.24, 2.45) is 0 Å². The molecular formula is C26H28F4N6O3. The number of ether oxygens (including phenoxy) is 1. The molecule has 2 aliphatic rings. The van der Waals surface area contributed by atoms with Gasteiger partial charge in [-0.1, -0.05) is 6.07 Å². The van der Waals surface area contributed by atoms with Gasteiger partial charge >= 0.3 is 12.3 Å². The minimum Gasteiger partial charge on any atom is -0.445 e. The number of carbonyl (C=O) groups excluding carboxylic acids is 2. The smallest absolute Gasteiger partial charge is 0.419 e. The van der Waals surface area contributed by atoms with Crippen LogP contribution in [0.4, 0.5) is 22.4 Å². The number of hydrogen-bond acceptors (Lipinski definition) is 6. The highest BCUT2D eigenvalue weighted by Crippen LogP contribution is 2.31. The Morgan fingerprint density at radius 1 is 0.974 bits per heavy atom. The molecule has 0 spiro atoms. The number of nitrogens with one attached hydrogen (secondary N) is 2. The summed E-state index contributed by atoms with van der Waals surface area (Å²) >= 11 is 0. The fourth-order valence-electron chi connectivity index (χ4n) is 5.22. The first-order chi connectivity index (χ1) is 18.7.